The zero-order valence-electron chi connectivity index (χ0n) is 34.5. The molecule has 8 atom stereocenters. The standard InChI is InChI=1S/C37H72O20/c1-9-37(22-52-25(2)34(6,16-44)19-53-26(47)31(3,10-38)11-39,23-56-29(50)35(7,17-45)20-54-27(48)32(4,12-40)13-41)24-57-30(51)36(8,18-46)21-55-28(49)33(5,14-42)15-43/h26-29,38-50H,2,9-24H2,1,3-8H3/t26-,27+,28-,29+,34?,35?,36?,37?/m0/s1. The summed E-state index contributed by atoms with van der Waals surface area (Å²) in [6, 6.07) is 0. The van der Waals surface area contributed by atoms with Crippen LogP contribution in [0, 0.1) is 37.9 Å². The van der Waals surface area contributed by atoms with E-state index >= 15 is 0 Å². The van der Waals surface area contributed by atoms with E-state index in [1.807, 2.05) is 0 Å². The lowest BCUT2D eigenvalue weighted by Crippen LogP contribution is -2.49. The van der Waals surface area contributed by atoms with E-state index in [-0.39, 0.29) is 18.8 Å². The van der Waals surface area contributed by atoms with Gasteiger partial charge in [-0.2, -0.15) is 0 Å². The van der Waals surface area contributed by atoms with Crippen LogP contribution in [0.25, 0.3) is 0 Å². The molecule has 0 aromatic rings. The molecule has 0 bridgehead atoms. The fraction of sp³-hybridized carbons (Fsp3) is 0.919. The van der Waals surface area contributed by atoms with Crippen molar-refractivity contribution < 1.29 is 99.6 Å². The molecule has 0 rings (SSSR count). The summed E-state index contributed by atoms with van der Waals surface area (Å²) >= 11 is 0. The molecule has 0 saturated heterocycles. The lowest BCUT2D eigenvalue weighted by atomic mass is 9.86. The van der Waals surface area contributed by atoms with Crippen molar-refractivity contribution in [1.82, 2.24) is 0 Å². The zero-order chi connectivity index (χ0) is 44.5. The molecule has 0 aliphatic carbocycles. The van der Waals surface area contributed by atoms with E-state index in [1.165, 1.54) is 41.5 Å². The first-order valence-corrected chi connectivity index (χ1v) is 18.5. The second-order valence-electron chi connectivity index (χ2n) is 17.0. The number of aliphatic hydroxyl groups excluding tert-OH is 13. The van der Waals surface area contributed by atoms with Crippen molar-refractivity contribution in [3.63, 3.8) is 0 Å². The van der Waals surface area contributed by atoms with Crippen LogP contribution in [0.15, 0.2) is 12.3 Å². The lowest BCUT2D eigenvalue weighted by Gasteiger charge is -2.40. The second kappa shape index (κ2) is 23.9. The van der Waals surface area contributed by atoms with Crippen LogP contribution in [-0.4, -0.2) is 197 Å². The molecule has 0 aromatic heterocycles. The van der Waals surface area contributed by atoms with Gasteiger partial charge in [-0.1, -0.05) is 41.2 Å². The SMILES string of the molecule is C=C(OCC(CC)(COC(=O)C(C)(CO)CO[C@H](O)C(C)(CO)CO)CO[C@@H](O)C(C)(CO)CO[C@@H](O)C(C)(CO)CO)C(C)(CO)CO[C@H](O)C(C)(CO)CO. The summed E-state index contributed by atoms with van der Waals surface area (Å²) in [5.41, 5.74) is -10.6. The second-order valence-corrected chi connectivity index (χ2v) is 17.0. The number of aliphatic hydroxyl groups is 13. The normalized spacial score (nSPS) is 19.3. The summed E-state index contributed by atoms with van der Waals surface area (Å²) in [5.74, 6) is -1.09. The van der Waals surface area contributed by atoms with Crippen molar-refractivity contribution >= 4 is 5.97 Å². The summed E-state index contributed by atoms with van der Waals surface area (Å²) in [5, 5.41) is 131. The van der Waals surface area contributed by atoms with Crippen LogP contribution in [-0.2, 0) is 33.2 Å². The predicted octanol–water partition coefficient (Wildman–Crippen LogP) is -3.24. The maximum absolute atomic E-state index is 13.5. The molecular formula is C37H72O20. The number of esters is 1. The highest BCUT2D eigenvalue weighted by molar-refractivity contribution is 5.76. The molecule has 0 amide bonds. The van der Waals surface area contributed by atoms with Crippen LogP contribution in [0.2, 0.25) is 0 Å². The first-order valence-electron chi connectivity index (χ1n) is 18.5. The fourth-order valence-electron chi connectivity index (χ4n) is 4.29. The molecule has 340 valence electrons. The summed E-state index contributed by atoms with van der Waals surface area (Å²) in [6.45, 7) is 4.80. The van der Waals surface area contributed by atoms with Gasteiger partial charge in [0, 0.05) is 0 Å². The predicted molar refractivity (Wildman–Crippen MR) is 199 cm³/mol. The number of ether oxygens (including phenoxy) is 6. The Labute approximate surface area is 334 Å². The lowest BCUT2D eigenvalue weighted by molar-refractivity contribution is -0.253. The highest BCUT2D eigenvalue weighted by Gasteiger charge is 2.44. The van der Waals surface area contributed by atoms with E-state index in [9.17, 15) is 71.2 Å². The van der Waals surface area contributed by atoms with Gasteiger partial charge in [0.15, 0.2) is 25.2 Å². The summed E-state index contributed by atoms with van der Waals surface area (Å²) < 4.78 is 33.7. The van der Waals surface area contributed by atoms with Crippen LogP contribution in [0.1, 0.15) is 54.9 Å². The van der Waals surface area contributed by atoms with Crippen molar-refractivity contribution in [3.8, 4) is 0 Å². The molecule has 20 nitrogen and oxygen atoms in total. The molecule has 0 radical (unpaired) electrons. The van der Waals surface area contributed by atoms with E-state index in [2.05, 4.69) is 6.58 Å². The largest absolute Gasteiger partial charge is 0.497 e. The summed E-state index contributed by atoms with van der Waals surface area (Å²) in [7, 11) is 0. The molecule has 0 spiro atoms. The van der Waals surface area contributed by atoms with Crippen molar-refractivity contribution in [1.29, 1.82) is 0 Å². The summed E-state index contributed by atoms with van der Waals surface area (Å²) in [6.07, 6.45) is -6.83. The van der Waals surface area contributed by atoms with Gasteiger partial charge < -0.3 is 94.8 Å². The molecule has 4 unspecified atom stereocenters. The van der Waals surface area contributed by atoms with Gasteiger partial charge in [0.1, 0.15) is 12.0 Å². The van der Waals surface area contributed by atoms with E-state index in [1.54, 1.807) is 6.92 Å². The van der Waals surface area contributed by atoms with Gasteiger partial charge in [-0.05, 0) is 20.3 Å². The molecule has 0 aliphatic heterocycles. The van der Waals surface area contributed by atoms with Gasteiger partial charge in [0.05, 0.1) is 131 Å². The minimum absolute atomic E-state index is 0.0756. The Kier molecular flexibility index (Phi) is 23.2. The quantitative estimate of drug-likeness (QED) is 0.0176. The van der Waals surface area contributed by atoms with Crippen molar-refractivity contribution in [2.75, 3.05) is 99.1 Å². The fourth-order valence-corrected chi connectivity index (χ4v) is 4.29. The molecule has 0 aliphatic rings. The average molecular weight is 837 g/mol. The van der Waals surface area contributed by atoms with Gasteiger partial charge in [-0.3, -0.25) is 4.79 Å². The smallest absolute Gasteiger partial charge is 0.316 e. The maximum Gasteiger partial charge on any atom is 0.316 e. The molecule has 0 heterocycles. The number of rotatable bonds is 33. The number of carbonyl (C=O) groups excluding carboxylic acids is 1. The van der Waals surface area contributed by atoms with Gasteiger partial charge in [0.25, 0.3) is 0 Å². The minimum atomic E-state index is -1.82. The minimum Gasteiger partial charge on any atom is -0.497 e. The Morgan fingerprint density at radius 2 is 0.772 bits per heavy atom. The van der Waals surface area contributed by atoms with Crippen molar-refractivity contribution in [2.24, 2.45) is 37.9 Å². The highest BCUT2D eigenvalue weighted by Crippen LogP contribution is 2.35. The van der Waals surface area contributed by atoms with Crippen LogP contribution in [0.4, 0.5) is 0 Å². The first kappa shape index (κ1) is 55.3. The van der Waals surface area contributed by atoms with E-state index in [4.69, 9.17) is 28.4 Å². The molecule has 0 aromatic carbocycles. The third-order valence-electron chi connectivity index (χ3n) is 10.8. The molecule has 0 fully saturated rings. The Hall–Kier alpha value is -1.67. The van der Waals surface area contributed by atoms with Crippen LogP contribution in [0.3, 0.4) is 0 Å². The van der Waals surface area contributed by atoms with Gasteiger partial charge in [-0.25, -0.2) is 0 Å². The summed E-state index contributed by atoms with van der Waals surface area (Å²) in [4.78, 5) is 13.5. The molecule has 20 heteroatoms. The van der Waals surface area contributed by atoms with E-state index in [0.29, 0.717) is 0 Å². The molecule has 13 N–H and O–H groups in total. The maximum atomic E-state index is 13.5. The molecule has 57 heavy (non-hydrogen) atoms. The zero-order valence-corrected chi connectivity index (χ0v) is 34.5. The highest BCUT2D eigenvalue weighted by atomic mass is 16.6. The third kappa shape index (κ3) is 14.8. The average Bonchev–Trinajstić information content (AvgIpc) is 3.24. The monoisotopic (exact) mass is 836 g/mol. The van der Waals surface area contributed by atoms with Crippen LogP contribution < -0.4 is 0 Å². The van der Waals surface area contributed by atoms with Crippen LogP contribution >= 0.6 is 0 Å². The molecular weight excluding hydrogens is 764 g/mol. The Bertz CT molecular complexity index is 1100. The van der Waals surface area contributed by atoms with Gasteiger partial charge >= 0.3 is 5.97 Å². The van der Waals surface area contributed by atoms with Gasteiger partial charge in [-0.15, -0.1) is 0 Å². The Morgan fingerprint density at radius 1 is 0.456 bits per heavy atom. The number of carbonyl (C=O) groups is 1. The number of hydrogen-bond acceptors (Lipinski definition) is 20. The number of hydrogen-bond donors (Lipinski definition) is 13. The van der Waals surface area contributed by atoms with E-state index < -0.39 is 162 Å². The Morgan fingerprint density at radius 3 is 1.12 bits per heavy atom. The third-order valence-corrected chi connectivity index (χ3v) is 10.8. The molecule has 0 saturated carbocycles. The topological polar surface area (TPSA) is 335 Å². The van der Waals surface area contributed by atoms with Gasteiger partial charge in [0.2, 0.25) is 0 Å². The van der Waals surface area contributed by atoms with Crippen LogP contribution in [0.5, 0.6) is 0 Å². The van der Waals surface area contributed by atoms with Crippen molar-refractivity contribution in [2.45, 2.75) is 80.0 Å². The Balaban J connectivity index is 6.45. The van der Waals surface area contributed by atoms with Crippen molar-refractivity contribution in [3.05, 3.63) is 12.3 Å². The first-order chi connectivity index (χ1) is 26.4. The van der Waals surface area contributed by atoms with E-state index in [0.717, 1.165) is 0 Å².